The second-order valence-electron chi connectivity index (χ2n) is 5.42. The maximum absolute atomic E-state index is 6.35. The Morgan fingerprint density at radius 2 is 2.10 bits per heavy atom. The number of likely N-dealkylation sites (N-methyl/N-ethyl adjacent to an activating group) is 1. The summed E-state index contributed by atoms with van der Waals surface area (Å²) in [4.78, 5) is 2.16. The van der Waals surface area contributed by atoms with Gasteiger partial charge in [-0.2, -0.15) is 0 Å². The molecule has 0 aliphatic carbocycles. The van der Waals surface area contributed by atoms with Gasteiger partial charge in [-0.05, 0) is 37.1 Å². The minimum Gasteiger partial charge on any atom is -0.380 e. The highest BCUT2D eigenvalue weighted by Gasteiger charge is 2.06. The van der Waals surface area contributed by atoms with E-state index in [2.05, 4.69) is 43.2 Å². The highest BCUT2D eigenvalue weighted by atomic mass is 35.5. The lowest BCUT2D eigenvalue weighted by atomic mass is 10.1. The summed E-state index contributed by atoms with van der Waals surface area (Å²) in [5.41, 5.74) is 2.27. The molecule has 0 fully saturated rings. The zero-order valence-electron chi connectivity index (χ0n) is 13.1. The van der Waals surface area contributed by atoms with Crippen molar-refractivity contribution >= 4 is 17.3 Å². The largest absolute Gasteiger partial charge is 0.380 e. The van der Waals surface area contributed by atoms with Gasteiger partial charge in [-0.15, -0.1) is 0 Å². The lowest BCUT2D eigenvalue weighted by Gasteiger charge is -2.20. The van der Waals surface area contributed by atoms with Gasteiger partial charge in [0.1, 0.15) is 0 Å². The van der Waals surface area contributed by atoms with Crippen LogP contribution < -0.4 is 10.2 Å². The predicted molar refractivity (Wildman–Crippen MR) is 87.8 cm³/mol. The van der Waals surface area contributed by atoms with Crippen LogP contribution in [0.2, 0.25) is 5.02 Å². The van der Waals surface area contributed by atoms with Crippen LogP contribution in [0, 0.1) is 5.92 Å². The van der Waals surface area contributed by atoms with E-state index < -0.39 is 0 Å². The first-order valence-corrected chi connectivity index (χ1v) is 7.70. The molecule has 114 valence electrons. The monoisotopic (exact) mass is 298 g/mol. The molecule has 0 saturated heterocycles. The summed E-state index contributed by atoms with van der Waals surface area (Å²) >= 11 is 6.35. The van der Waals surface area contributed by atoms with Crippen molar-refractivity contribution in [3.63, 3.8) is 0 Å². The third-order valence-corrected chi connectivity index (χ3v) is 3.47. The Labute approximate surface area is 128 Å². The molecule has 0 aliphatic heterocycles. The Hall–Kier alpha value is -0.770. The van der Waals surface area contributed by atoms with E-state index in [-0.39, 0.29) is 0 Å². The van der Waals surface area contributed by atoms with E-state index >= 15 is 0 Å². The van der Waals surface area contributed by atoms with E-state index in [0.29, 0.717) is 5.92 Å². The Morgan fingerprint density at radius 3 is 2.70 bits per heavy atom. The van der Waals surface area contributed by atoms with Gasteiger partial charge in [0, 0.05) is 37.5 Å². The molecule has 1 N–H and O–H groups in total. The SMILES string of the molecule is CCOCCN(C)c1ccc(CNCC(C)C)c(Cl)c1. The van der Waals surface area contributed by atoms with Crippen LogP contribution in [0.1, 0.15) is 26.3 Å². The average molecular weight is 299 g/mol. The first kappa shape index (κ1) is 17.3. The normalized spacial score (nSPS) is 11.1. The lowest BCUT2D eigenvalue weighted by molar-refractivity contribution is 0.154. The highest BCUT2D eigenvalue weighted by molar-refractivity contribution is 6.31. The number of rotatable bonds is 9. The standard InChI is InChI=1S/C16H27ClN2O/c1-5-20-9-8-19(4)15-7-6-14(16(17)10-15)12-18-11-13(2)3/h6-7,10,13,18H,5,8-9,11-12H2,1-4H3. The molecule has 1 aromatic rings. The molecule has 0 radical (unpaired) electrons. The number of hydrogen-bond acceptors (Lipinski definition) is 3. The van der Waals surface area contributed by atoms with Crippen LogP contribution in [0.25, 0.3) is 0 Å². The third kappa shape index (κ3) is 6.12. The average Bonchev–Trinajstić information content (AvgIpc) is 2.40. The summed E-state index contributed by atoms with van der Waals surface area (Å²) in [6.45, 7) is 10.6. The number of ether oxygens (including phenoxy) is 1. The molecule has 1 rings (SSSR count). The molecule has 0 heterocycles. The fourth-order valence-electron chi connectivity index (χ4n) is 1.89. The summed E-state index contributed by atoms with van der Waals surface area (Å²) in [7, 11) is 2.06. The zero-order chi connectivity index (χ0) is 15.0. The second-order valence-corrected chi connectivity index (χ2v) is 5.83. The Morgan fingerprint density at radius 1 is 1.35 bits per heavy atom. The fourth-order valence-corrected chi connectivity index (χ4v) is 2.13. The van der Waals surface area contributed by atoms with Crippen LogP contribution >= 0.6 is 11.6 Å². The second kappa shape index (κ2) is 9.22. The van der Waals surface area contributed by atoms with Gasteiger partial charge in [0.15, 0.2) is 0 Å². The number of nitrogens with one attached hydrogen (secondary N) is 1. The van der Waals surface area contributed by atoms with Crippen molar-refractivity contribution in [1.29, 1.82) is 0 Å². The molecular weight excluding hydrogens is 272 g/mol. The molecule has 3 nitrogen and oxygen atoms in total. The molecule has 0 saturated carbocycles. The first-order chi connectivity index (χ1) is 9.54. The fraction of sp³-hybridized carbons (Fsp3) is 0.625. The van der Waals surface area contributed by atoms with Crippen molar-refractivity contribution in [2.75, 3.05) is 38.3 Å². The molecular formula is C16H27ClN2O. The van der Waals surface area contributed by atoms with Crippen molar-refractivity contribution in [2.24, 2.45) is 5.92 Å². The van der Waals surface area contributed by atoms with E-state index in [1.54, 1.807) is 0 Å². The molecule has 1 aromatic carbocycles. The Kier molecular flexibility index (Phi) is 7.97. The van der Waals surface area contributed by atoms with Crippen molar-refractivity contribution in [3.05, 3.63) is 28.8 Å². The molecule has 20 heavy (non-hydrogen) atoms. The van der Waals surface area contributed by atoms with E-state index in [0.717, 1.165) is 49.1 Å². The number of hydrogen-bond donors (Lipinski definition) is 1. The Bertz CT molecular complexity index is 396. The number of halogens is 1. The van der Waals surface area contributed by atoms with E-state index in [1.165, 1.54) is 0 Å². The summed E-state index contributed by atoms with van der Waals surface area (Å²) in [6, 6.07) is 6.24. The van der Waals surface area contributed by atoms with Crippen LogP contribution in [0.4, 0.5) is 5.69 Å². The van der Waals surface area contributed by atoms with E-state index in [9.17, 15) is 0 Å². The summed E-state index contributed by atoms with van der Waals surface area (Å²) in [6.07, 6.45) is 0. The molecule has 0 bridgehead atoms. The topological polar surface area (TPSA) is 24.5 Å². The molecule has 0 atom stereocenters. The van der Waals surface area contributed by atoms with Crippen LogP contribution in [-0.4, -0.2) is 33.4 Å². The molecule has 0 unspecified atom stereocenters. The van der Waals surface area contributed by atoms with Gasteiger partial charge in [0.25, 0.3) is 0 Å². The van der Waals surface area contributed by atoms with Gasteiger partial charge in [0.2, 0.25) is 0 Å². The molecule has 4 heteroatoms. The predicted octanol–water partition coefficient (Wildman–Crippen LogP) is 3.56. The minimum atomic E-state index is 0.651. The zero-order valence-corrected chi connectivity index (χ0v) is 13.8. The van der Waals surface area contributed by atoms with Gasteiger partial charge in [-0.3, -0.25) is 0 Å². The van der Waals surface area contributed by atoms with Gasteiger partial charge in [-0.25, -0.2) is 0 Å². The van der Waals surface area contributed by atoms with Crippen molar-refractivity contribution in [2.45, 2.75) is 27.3 Å². The number of benzene rings is 1. The number of nitrogens with zero attached hydrogens (tertiary/aromatic N) is 1. The van der Waals surface area contributed by atoms with Crippen LogP contribution in [-0.2, 0) is 11.3 Å². The third-order valence-electron chi connectivity index (χ3n) is 3.12. The van der Waals surface area contributed by atoms with Crippen LogP contribution in [0.15, 0.2) is 18.2 Å². The van der Waals surface area contributed by atoms with Gasteiger partial charge in [-0.1, -0.05) is 31.5 Å². The summed E-state index contributed by atoms with van der Waals surface area (Å²) in [5, 5.41) is 4.24. The first-order valence-electron chi connectivity index (χ1n) is 7.32. The van der Waals surface area contributed by atoms with E-state index in [1.807, 2.05) is 13.0 Å². The maximum Gasteiger partial charge on any atom is 0.0641 e. The van der Waals surface area contributed by atoms with Gasteiger partial charge in [0.05, 0.1) is 6.61 Å². The maximum atomic E-state index is 6.35. The molecule has 0 amide bonds. The summed E-state index contributed by atoms with van der Waals surface area (Å²) < 4.78 is 5.37. The minimum absolute atomic E-state index is 0.651. The van der Waals surface area contributed by atoms with Crippen molar-refractivity contribution < 1.29 is 4.74 Å². The van der Waals surface area contributed by atoms with Crippen LogP contribution in [0.3, 0.4) is 0 Å². The smallest absolute Gasteiger partial charge is 0.0641 e. The summed E-state index contributed by atoms with van der Waals surface area (Å²) in [5.74, 6) is 0.651. The Balaban J connectivity index is 2.53. The number of anilines is 1. The quantitative estimate of drug-likeness (QED) is 0.706. The lowest BCUT2D eigenvalue weighted by Crippen LogP contribution is -2.23. The van der Waals surface area contributed by atoms with Crippen LogP contribution in [0.5, 0.6) is 0 Å². The van der Waals surface area contributed by atoms with Gasteiger partial charge < -0.3 is 15.0 Å². The molecule has 0 aromatic heterocycles. The van der Waals surface area contributed by atoms with E-state index in [4.69, 9.17) is 16.3 Å². The molecule has 0 aliphatic rings. The highest BCUT2D eigenvalue weighted by Crippen LogP contribution is 2.23. The van der Waals surface area contributed by atoms with Gasteiger partial charge >= 0.3 is 0 Å². The van der Waals surface area contributed by atoms with Crippen molar-refractivity contribution in [3.8, 4) is 0 Å². The molecule has 0 spiro atoms. The van der Waals surface area contributed by atoms with Crippen molar-refractivity contribution in [1.82, 2.24) is 5.32 Å².